The minimum atomic E-state index is -0.906. The van der Waals surface area contributed by atoms with Gasteiger partial charge in [0.1, 0.15) is 13.2 Å². The molecule has 68 heavy (non-hydrogen) atoms. The van der Waals surface area contributed by atoms with Crippen LogP contribution in [0.3, 0.4) is 0 Å². The Morgan fingerprint density at radius 3 is 0.912 bits per heavy atom. The number of carbonyl (C=O) groups excluding carboxylic acids is 3. The molecule has 2 aromatic carbocycles. The number of rotatable bonds is 49. The summed E-state index contributed by atoms with van der Waals surface area (Å²) in [5.41, 5.74) is 1.87. The minimum absolute atomic E-state index is 0.0434. The monoisotopic (exact) mass is 969 g/mol. The van der Waals surface area contributed by atoms with Crippen molar-refractivity contribution in [2.24, 2.45) is 0 Å². The number of hydrogen-bond donors (Lipinski definition) is 1. The maximum absolute atomic E-state index is 13.1. The lowest BCUT2D eigenvalue weighted by Gasteiger charge is -2.23. The molecule has 0 aliphatic heterocycles. The van der Waals surface area contributed by atoms with Crippen LogP contribution in [0.4, 0.5) is 0 Å². The second-order valence-corrected chi connectivity index (χ2v) is 14.4. The van der Waals surface area contributed by atoms with Crippen LogP contribution in [0, 0.1) is 0 Å². The molecule has 0 saturated heterocycles. The lowest BCUT2D eigenvalue weighted by molar-refractivity contribution is -0.147. The van der Waals surface area contributed by atoms with Gasteiger partial charge in [0, 0.05) is 13.1 Å². The lowest BCUT2D eigenvalue weighted by atomic mass is 10.2. The zero-order valence-corrected chi connectivity index (χ0v) is 39.6. The van der Waals surface area contributed by atoms with E-state index in [0.717, 1.165) is 11.1 Å². The molecule has 2 aromatic rings. The Morgan fingerprint density at radius 2 is 0.603 bits per heavy atom. The molecular weight excluding hydrogens is 895 g/mol. The third kappa shape index (κ3) is 38.8. The highest BCUT2D eigenvalue weighted by Gasteiger charge is 2.14. The molecule has 0 atom stereocenters. The van der Waals surface area contributed by atoms with Crippen LogP contribution in [-0.2, 0) is 98.7 Å². The van der Waals surface area contributed by atoms with Gasteiger partial charge in [-0.3, -0.25) is 19.2 Å². The van der Waals surface area contributed by atoms with E-state index in [9.17, 15) is 19.2 Å². The van der Waals surface area contributed by atoms with E-state index >= 15 is 0 Å². The molecular formula is C48H75NO19. The second-order valence-electron chi connectivity index (χ2n) is 14.4. The molecule has 0 bridgehead atoms. The van der Waals surface area contributed by atoms with Gasteiger partial charge in [-0.15, -0.1) is 0 Å². The standard InChI is InChI=1S/C48H75NO19/c50-45(11-17-55-23-29-61-35-36-62-30-24-56-18-12-46(51)52)49(15-21-59-27-33-65-39-37-63-31-25-57-19-13-47(53)67-41-43-7-3-1-4-8-43)16-22-60-28-34-66-40-38-64-32-26-58-20-14-48(54)68-42-44-9-5-2-6-10-44/h1-10H,11-42H2,(H,51,52). The zero-order chi connectivity index (χ0) is 48.6. The fraction of sp³-hybridized carbons (Fsp3) is 0.667. The van der Waals surface area contributed by atoms with Gasteiger partial charge < -0.3 is 76.3 Å². The van der Waals surface area contributed by atoms with Crippen LogP contribution >= 0.6 is 0 Å². The Kier molecular flexibility index (Phi) is 39.9. The number of carboxylic acids is 1. The summed E-state index contributed by atoms with van der Waals surface area (Å²) < 4.78 is 76.6. The zero-order valence-electron chi connectivity index (χ0n) is 39.6. The van der Waals surface area contributed by atoms with E-state index in [1.54, 1.807) is 4.90 Å². The normalized spacial score (nSPS) is 11.2. The van der Waals surface area contributed by atoms with Crippen LogP contribution in [0.1, 0.15) is 36.8 Å². The van der Waals surface area contributed by atoms with Gasteiger partial charge in [-0.2, -0.15) is 0 Å². The third-order valence-corrected chi connectivity index (χ3v) is 9.02. The Balaban J connectivity index is 1.49. The third-order valence-electron chi connectivity index (χ3n) is 9.02. The van der Waals surface area contributed by atoms with Crippen molar-refractivity contribution < 1.29 is 90.6 Å². The second kappa shape index (κ2) is 45.3. The molecule has 0 aromatic heterocycles. The van der Waals surface area contributed by atoms with Crippen molar-refractivity contribution in [1.29, 1.82) is 0 Å². The van der Waals surface area contributed by atoms with Gasteiger partial charge in [-0.1, -0.05) is 60.7 Å². The number of carboxylic acid groups (broad SMARTS) is 1. The van der Waals surface area contributed by atoms with Crippen LogP contribution in [-0.4, -0.2) is 205 Å². The Morgan fingerprint density at radius 1 is 0.338 bits per heavy atom. The van der Waals surface area contributed by atoms with Gasteiger partial charge in [0.2, 0.25) is 5.91 Å². The van der Waals surface area contributed by atoms with Gasteiger partial charge >= 0.3 is 17.9 Å². The van der Waals surface area contributed by atoms with Crippen LogP contribution in [0.15, 0.2) is 60.7 Å². The molecule has 0 fully saturated rings. The maximum atomic E-state index is 13.1. The van der Waals surface area contributed by atoms with Crippen molar-refractivity contribution in [2.75, 3.05) is 172 Å². The number of amides is 1. The minimum Gasteiger partial charge on any atom is -0.481 e. The average molecular weight is 970 g/mol. The van der Waals surface area contributed by atoms with E-state index in [1.807, 2.05) is 60.7 Å². The van der Waals surface area contributed by atoms with Crippen molar-refractivity contribution in [3.05, 3.63) is 71.8 Å². The van der Waals surface area contributed by atoms with E-state index in [1.165, 1.54) is 0 Å². The number of aliphatic carboxylic acids is 1. The average Bonchev–Trinajstić information content (AvgIpc) is 3.35. The van der Waals surface area contributed by atoms with E-state index in [4.69, 9.17) is 71.4 Å². The summed E-state index contributed by atoms with van der Waals surface area (Å²) in [4.78, 5) is 49.0. The first-order valence-electron chi connectivity index (χ1n) is 23.3. The Bertz CT molecular complexity index is 1410. The van der Waals surface area contributed by atoms with Gasteiger partial charge in [0.05, 0.1) is 184 Å². The van der Waals surface area contributed by atoms with Gasteiger partial charge in [0.15, 0.2) is 0 Å². The predicted molar refractivity (Wildman–Crippen MR) is 245 cm³/mol. The summed E-state index contributed by atoms with van der Waals surface area (Å²) in [5, 5.41) is 8.60. The van der Waals surface area contributed by atoms with E-state index in [0.29, 0.717) is 145 Å². The summed E-state index contributed by atoms with van der Waals surface area (Å²) in [6.07, 6.45) is 0.476. The van der Waals surface area contributed by atoms with Crippen LogP contribution < -0.4 is 0 Å². The largest absolute Gasteiger partial charge is 0.481 e. The molecule has 0 heterocycles. The summed E-state index contributed by atoms with van der Waals surface area (Å²) in [6, 6.07) is 19.0. The van der Waals surface area contributed by atoms with E-state index in [-0.39, 0.29) is 83.2 Å². The number of nitrogens with zero attached hydrogens (tertiary/aromatic N) is 1. The molecule has 0 aliphatic rings. The van der Waals surface area contributed by atoms with Gasteiger partial charge in [-0.05, 0) is 11.1 Å². The quantitative estimate of drug-likeness (QED) is 0.0743. The maximum Gasteiger partial charge on any atom is 0.308 e. The first-order valence-corrected chi connectivity index (χ1v) is 23.3. The molecule has 0 unspecified atom stereocenters. The van der Waals surface area contributed by atoms with E-state index in [2.05, 4.69) is 0 Å². The molecule has 2 rings (SSSR count). The Hall–Kier alpha value is -4.16. The first-order chi connectivity index (χ1) is 33.4. The van der Waals surface area contributed by atoms with Crippen molar-refractivity contribution in [2.45, 2.75) is 38.9 Å². The molecule has 0 radical (unpaired) electrons. The van der Waals surface area contributed by atoms with Crippen molar-refractivity contribution in [1.82, 2.24) is 4.90 Å². The topological polar surface area (TPSA) is 221 Å². The number of ether oxygens (including phenoxy) is 14. The number of benzene rings is 2. The molecule has 20 nitrogen and oxygen atoms in total. The Labute approximate surface area is 400 Å². The van der Waals surface area contributed by atoms with Gasteiger partial charge in [0.25, 0.3) is 0 Å². The molecule has 0 aliphatic carbocycles. The predicted octanol–water partition coefficient (Wildman–Crippen LogP) is 3.15. The number of carbonyl (C=O) groups is 4. The number of esters is 2. The highest BCUT2D eigenvalue weighted by molar-refractivity contribution is 5.76. The van der Waals surface area contributed by atoms with Crippen LogP contribution in [0.2, 0.25) is 0 Å². The van der Waals surface area contributed by atoms with Crippen molar-refractivity contribution in [3.63, 3.8) is 0 Å². The van der Waals surface area contributed by atoms with E-state index < -0.39 is 5.97 Å². The summed E-state index contributed by atoms with van der Waals surface area (Å²) in [6.45, 7) is 9.14. The molecule has 1 N–H and O–H groups in total. The van der Waals surface area contributed by atoms with Crippen LogP contribution in [0.25, 0.3) is 0 Å². The smallest absolute Gasteiger partial charge is 0.308 e. The highest BCUT2D eigenvalue weighted by atomic mass is 16.6. The van der Waals surface area contributed by atoms with Crippen molar-refractivity contribution >= 4 is 23.8 Å². The summed E-state index contributed by atoms with van der Waals surface area (Å²) in [5.74, 6) is -1.63. The molecule has 0 saturated carbocycles. The number of hydrogen-bond acceptors (Lipinski definition) is 18. The van der Waals surface area contributed by atoms with Crippen LogP contribution in [0.5, 0.6) is 0 Å². The molecule has 1 amide bonds. The molecule has 0 spiro atoms. The fourth-order valence-electron chi connectivity index (χ4n) is 5.40. The fourth-order valence-corrected chi connectivity index (χ4v) is 5.40. The lowest BCUT2D eigenvalue weighted by Crippen LogP contribution is -2.37. The van der Waals surface area contributed by atoms with Crippen molar-refractivity contribution in [3.8, 4) is 0 Å². The molecule has 386 valence electrons. The summed E-state index contributed by atoms with van der Waals surface area (Å²) >= 11 is 0. The first kappa shape index (κ1) is 60.0. The highest BCUT2D eigenvalue weighted by Crippen LogP contribution is 2.04. The summed E-state index contributed by atoms with van der Waals surface area (Å²) in [7, 11) is 0. The molecule has 20 heteroatoms. The van der Waals surface area contributed by atoms with Gasteiger partial charge in [-0.25, -0.2) is 0 Å². The SMILES string of the molecule is O=C(O)CCOCCOCCOCCOCCC(=O)N(CCOCCOCCOCCOCCC(=O)OCc1ccccc1)CCOCCOCCOCCOCCC(=O)OCc1ccccc1.